The van der Waals surface area contributed by atoms with Gasteiger partial charge in [0.15, 0.2) is 0 Å². The van der Waals surface area contributed by atoms with Crippen LogP contribution in [0.15, 0.2) is 62.7 Å². The number of halogens is 1. The molecule has 0 aliphatic rings. The van der Waals surface area contributed by atoms with Crippen LogP contribution in [0.2, 0.25) is 0 Å². The number of hydrogen-bond acceptors (Lipinski definition) is 10. The van der Waals surface area contributed by atoms with Gasteiger partial charge < -0.3 is 20.5 Å². The Morgan fingerprint density at radius 1 is 1.05 bits per heavy atom. The van der Waals surface area contributed by atoms with Crippen LogP contribution in [0, 0.1) is 0 Å². The van der Waals surface area contributed by atoms with Gasteiger partial charge in [-0.1, -0.05) is 6.07 Å². The number of sulfonamides is 1. The number of aromatic nitrogens is 2. The van der Waals surface area contributed by atoms with Crippen LogP contribution in [-0.2, 0) is 29.1 Å². The number of hydrogen-bond donors (Lipinski definition) is 4. The third kappa shape index (κ3) is 7.29. The minimum Gasteiger partial charge on any atom is -0.466 e. The van der Waals surface area contributed by atoms with Crippen LogP contribution in [0.3, 0.4) is 0 Å². The quantitative estimate of drug-likeness (QED) is 0.135. The molecular formula is C28H28BrN5O8S. The molecule has 15 heteroatoms. The van der Waals surface area contributed by atoms with Gasteiger partial charge in [-0.25, -0.2) is 18.2 Å². The second kappa shape index (κ2) is 13.2. The number of nitrogens with two attached hydrogens (primary N) is 1. The van der Waals surface area contributed by atoms with E-state index in [0.29, 0.717) is 16.3 Å². The lowest BCUT2D eigenvalue weighted by atomic mass is 10.1. The van der Waals surface area contributed by atoms with E-state index in [9.17, 15) is 27.6 Å². The number of H-pyrrole nitrogens is 1. The number of carbonyl (C=O) groups excluding carboxylic acids is 3. The summed E-state index contributed by atoms with van der Waals surface area (Å²) < 4.78 is 39.2. The first-order valence-electron chi connectivity index (χ1n) is 13.1. The summed E-state index contributed by atoms with van der Waals surface area (Å²) >= 11 is 3.30. The lowest BCUT2D eigenvalue weighted by molar-refractivity contribution is -0.146. The number of benzene rings is 3. The van der Waals surface area contributed by atoms with Crippen molar-refractivity contribution in [1.82, 2.24) is 15.3 Å². The molecule has 0 spiro atoms. The Morgan fingerprint density at radius 2 is 1.74 bits per heavy atom. The average molecular weight is 675 g/mol. The number of esters is 2. The second-order valence-electron chi connectivity index (χ2n) is 9.22. The van der Waals surface area contributed by atoms with Crippen LogP contribution in [0.1, 0.15) is 37.0 Å². The van der Waals surface area contributed by atoms with Crippen molar-refractivity contribution >= 4 is 77.1 Å². The number of nitrogens with zero attached hydrogens (tertiary/aromatic N) is 1. The third-order valence-electron chi connectivity index (χ3n) is 6.27. The smallest absolute Gasteiger partial charge is 0.328 e. The van der Waals surface area contributed by atoms with Crippen LogP contribution in [-0.4, -0.2) is 55.5 Å². The van der Waals surface area contributed by atoms with Crippen molar-refractivity contribution in [3.63, 3.8) is 0 Å². The van der Waals surface area contributed by atoms with Crippen LogP contribution >= 0.6 is 15.9 Å². The highest BCUT2D eigenvalue weighted by Gasteiger charge is 2.25. The van der Waals surface area contributed by atoms with Gasteiger partial charge >= 0.3 is 11.9 Å². The molecule has 0 aliphatic heterocycles. The molecule has 1 atom stereocenters. The summed E-state index contributed by atoms with van der Waals surface area (Å²) in [5, 5.41) is 3.79. The molecular weight excluding hydrogens is 646 g/mol. The minimum absolute atomic E-state index is 0.0172. The number of carbonyl (C=O) groups is 3. The number of fused-ring (bicyclic) bond motifs is 3. The summed E-state index contributed by atoms with van der Waals surface area (Å²) in [6.07, 6.45) is -0.114. The van der Waals surface area contributed by atoms with Crippen molar-refractivity contribution in [2.24, 2.45) is 0 Å². The Kier molecular flexibility index (Phi) is 9.66. The Morgan fingerprint density at radius 3 is 2.42 bits per heavy atom. The van der Waals surface area contributed by atoms with Crippen molar-refractivity contribution in [2.45, 2.75) is 37.6 Å². The zero-order chi connectivity index (χ0) is 31.3. The molecule has 0 aliphatic carbocycles. The summed E-state index contributed by atoms with van der Waals surface area (Å²) in [7, 11) is -4.12. The minimum atomic E-state index is -4.12. The van der Waals surface area contributed by atoms with E-state index < -0.39 is 39.5 Å². The van der Waals surface area contributed by atoms with E-state index in [1.807, 2.05) is 0 Å². The Balaban J connectivity index is 1.52. The molecule has 226 valence electrons. The van der Waals surface area contributed by atoms with E-state index in [0.717, 1.165) is 0 Å². The highest BCUT2D eigenvalue weighted by Crippen LogP contribution is 2.32. The zero-order valence-electron chi connectivity index (χ0n) is 23.1. The van der Waals surface area contributed by atoms with Crippen LogP contribution in [0.25, 0.3) is 21.7 Å². The van der Waals surface area contributed by atoms with Crippen LogP contribution in [0.5, 0.6) is 0 Å². The second-order valence-corrected chi connectivity index (χ2v) is 11.7. The molecule has 0 saturated heterocycles. The molecule has 4 rings (SSSR count). The largest absolute Gasteiger partial charge is 0.466 e. The molecule has 0 saturated carbocycles. The van der Waals surface area contributed by atoms with Gasteiger partial charge in [0.1, 0.15) is 10.9 Å². The maximum atomic E-state index is 13.3. The van der Waals surface area contributed by atoms with Gasteiger partial charge in [-0.2, -0.15) is 0 Å². The summed E-state index contributed by atoms with van der Waals surface area (Å²) in [5.41, 5.74) is 5.86. The fraction of sp³-hybridized carbons (Fsp3) is 0.250. The highest BCUT2D eigenvalue weighted by atomic mass is 79.9. The SMILES string of the molecule is CCOC(=O)CC[C@H](NC(=O)c1ccc(NS(=O)(=O)c2cc3ccc4nc(N)[nH]c(=O)c4c3cc2Br)cc1)C(=O)OCC. The van der Waals surface area contributed by atoms with Gasteiger partial charge in [0.25, 0.3) is 21.5 Å². The molecule has 4 aromatic rings. The maximum absolute atomic E-state index is 13.3. The number of anilines is 2. The van der Waals surface area contributed by atoms with Gasteiger partial charge in [-0.15, -0.1) is 0 Å². The van der Waals surface area contributed by atoms with Gasteiger partial charge in [-0.3, -0.25) is 24.1 Å². The van der Waals surface area contributed by atoms with E-state index in [4.69, 9.17) is 15.2 Å². The van der Waals surface area contributed by atoms with Crippen molar-refractivity contribution in [3.8, 4) is 0 Å². The molecule has 43 heavy (non-hydrogen) atoms. The average Bonchev–Trinajstić information content (AvgIpc) is 2.94. The Hall–Kier alpha value is -4.50. The molecule has 0 radical (unpaired) electrons. The van der Waals surface area contributed by atoms with Gasteiger partial charge in [-0.05, 0) is 89.4 Å². The van der Waals surface area contributed by atoms with E-state index in [2.05, 4.69) is 35.9 Å². The number of rotatable bonds is 11. The normalized spacial score (nSPS) is 12.1. The van der Waals surface area contributed by atoms with Crippen LogP contribution < -0.4 is 21.3 Å². The predicted molar refractivity (Wildman–Crippen MR) is 163 cm³/mol. The van der Waals surface area contributed by atoms with E-state index in [-0.39, 0.29) is 58.0 Å². The molecule has 5 N–H and O–H groups in total. The van der Waals surface area contributed by atoms with E-state index in [1.165, 1.54) is 36.4 Å². The molecule has 0 bridgehead atoms. The molecule has 0 fully saturated rings. The lowest BCUT2D eigenvalue weighted by Crippen LogP contribution is -2.42. The Labute approximate surface area is 254 Å². The van der Waals surface area contributed by atoms with Gasteiger partial charge in [0.2, 0.25) is 5.95 Å². The standard InChI is InChI=1S/C28H28BrN5O8S/c1-3-41-23(35)12-11-21(27(38)42-4-2)31-25(36)15-5-8-17(9-6-15)34-43(39,40)22-13-16-7-10-20-24(18(16)14-19(22)29)26(37)33-28(30)32-20/h5-10,13-14,21,34H,3-4,11-12H2,1-2H3,(H,31,36)(H3,30,32,33,37)/t21-/m0/s1. The fourth-order valence-electron chi connectivity index (χ4n) is 4.32. The Bertz CT molecular complexity index is 1880. The lowest BCUT2D eigenvalue weighted by Gasteiger charge is -2.17. The maximum Gasteiger partial charge on any atom is 0.328 e. The monoisotopic (exact) mass is 673 g/mol. The fourth-order valence-corrected chi connectivity index (χ4v) is 6.45. The molecule has 3 aromatic carbocycles. The predicted octanol–water partition coefficient (Wildman–Crippen LogP) is 3.23. The number of nitrogen functional groups attached to an aromatic ring is 1. The molecule has 1 heterocycles. The first kappa shape index (κ1) is 31.4. The summed E-state index contributed by atoms with van der Waals surface area (Å²) in [4.78, 5) is 55.9. The van der Waals surface area contributed by atoms with Crippen molar-refractivity contribution in [1.29, 1.82) is 0 Å². The van der Waals surface area contributed by atoms with Crippen molar-refractivity contribution < 1.29 is 32.3 Å². The van der Waals surface area contributed by atoms with Gasteiger partial charge in [0, 0.05) is 22.1 Å². The van der Waals surface area contributed by atoms with Gasteiger partial charge in [0.05, 0.1) is 24.1 Å². The number of ether oxygens (including phenoxy) is 2. The van der Waals surface area contributed by atoms with Crippen molar-refractivity contribution in [3.05, 3.63) is 68.9 Å². The molecule has 0 unspecified atom stereocenters. The highest BCUT2D eigenvalue weighted by molar-refractivity contribution is 9.10. The van der Waals surface area contributed by atoms with Crippen molar-refractivity contribution in [2.75, 3.05) is 23.7 Å². The molecule has 13 nitrogen and oxygen atoms in total. The molecule has 1 amide bonds. The first-order chi connectivity index (χ1) is 20.4. The summed E-state index contributed by atoms with van der Waals surface area (Å²) in [6.45, 7) is 3.56. The zero-order valence-corrected chi connectivity index (χ0v) is 25.5. The molecule has 1 aromatic heterocycles. The van der Waals surface area contributed by atoms with Crippen LogP contribution in [0.4, 0.5) is 11.6 Å². The summed E-state index contributed by atoms with van der Waals surface area (Å²) in [5.74, 6) is -1.85. The van der Waals surface area contributed by atoms with E-state index in [1.54, 1.807) is 26.0 Å². The number of aromatic amines is 1. The first-order valence-corrected chi connectivity index (χ1v) is 15.4. The number of amides is 1. The summed E-state index contributed by atoms with van der Waals surface area (Å²) in [6, 6.07) is 10.6. The van der Waals surface area contributed by atoms with E-state index >= 15 is 0 Å². The topological polar surface area (TPSA) is 200 Å². The third-order valence-corrected chi connectivity index (χ3v) is 8.61. The number of nitrogens with one attached hydrogen (secondary N) is 3.